The van der Waals surface area contributed by atoms with Crippen molar-refractivity contribution in [2.24, 2.45) is 0 Å². The quantitative estimate of drug-likeness (QED) is 0.163. The third-order valence-electron chi connectivity index (χ3n) is 7.06. The van der Waals surface area contributed by atoms with Crippen molar-refractivity contribution >= 4 is 23.9 Å². The molecule has 0 unspecified atom stereocenters. The fraction of sp³-hybridized carbons (Fsp3) is 0.222. The minimum atomic E-state index is -1.46. The molecule has 4 aromatic carbocycles. The number of carbonyl (C=O) groups excluding carboxylic acids is 4. The predicted molar refractivity (Wildman–Crippen MR) is 163 cm³/mol. The minimum Gasteiger partial charge on any atom is -0.463 e. The molecule has 236 valence electrons. The Bertz CT molecular complexity index is 1600. The number of esters is 4. The zero-order chi connectivity index (χ0) is 32.3. The van der Waals surface area contributed by atoms with Gasteiger partial charge in [-0.15, -0.1) is 0 Å². The molecule has 0 spiro atoms. The standard InChI is InChI=1S/C36H32O10/c1-24(37)41-23-29-30(44-33(38)26-16-8-3-9-17-26)31(45-34(39)27-18-10-4-11-19-27)32(46-35(40)28-20-12-5-13-21-28)36(43-29)42-22-25-14-6-2-7-15-25/h2-21,29-32,36H,22-23H2,1H3/t29-,30+,31+,32-,36-/m1/s1. The second kappa shape index (κ2) is 15.6. The number of carbonyl (C=O) groups is 4. The van der Waals surface area contributed by atoms with E-state index in [0.717, 1.165) is 5.56 Å². The van der Waals surface area contributed by atoms with Gasteiger partial charge in [0.05, 0.1) is 23.3 Å². The molecule has 4 aromatic rings. The van der Waals surface area contributed by atoms with Crippen molar-refractivity contribution in [3.63, 3.8) is 0 Å². The third kappa shape index (κ3) is 8.44. The van der Waals surface area contributed by atoms with Gasteiger partial charge in [0.25, 0.3) is 0 Å². The summed E-state index contributed by atoms with van der Waals surface area (Å²) in [6.45, 7) is 0.861. The van der Waals surface area contributed by atoms with Crippen LogP contribution in [0.3, 0.4) is 0 Å². The molecule has 0 saturated carbocycles. The van der Waals surface area contributed by atoms with E-state index < -0.39 is 54.6 Å². The molecular formula is C36H32O10. The number of rotatable bonds is 11. The molecule has 0 aromatic heterocycles. The van der Waals surface area contributed by atoms with E-state index in [1.54, 1.807) is 91.0 Å². The highest BCUT2D eigenvalue weighted by Crippen LogP contribution is 2.32. The van der Waals surface area contributed by atoms with Crippen LogP contribution in [0.5, 0.6) is 0 Å². The van der Waals surface area contributed by atoms with Gasteiger partial charge in [-0.1, -0.05) is 84.9 Å². The molecular weight excluding hydrogens is 592 g/mol. The van der Waals surface area contributed by atoms with E-state index in [-0.39, 0.29) is 29.9 Å². The molecule has 0 bridgehead atoms. The second-order valence-electron chi connectivity index (χ2n) is 10.3. The van der Waals surface area contributed by atoms with Gasteiger partial charge < -0.3 is 28.4 Å². The van der Waals surface area contributed by atoms with Crippen molar-refractivity contribution in [1.29, 1.82) is 0 Å². The average molecular weight is 625 g/mol. The number of ether oxygens (including phenoxy) is 6. The lowest BCUT2D eigenvalue weighted by Crippen LogP contribution is -2.63. The first-order valence-electron chi connectivity index (χ1n) is 14.6. The molecule has 46 heavy (non-hydrogen) atoms. The minimum absolute atomic E-state index is 0.0268. The Morgan fingerprint density at radius 3 is 1.43 bits per heavy atom. The molecule has 1 aliphatic rings. The average Bonchev–Trinajstić information content (AvgIpc) is 3.10. The summed E-state index contributed by atoms with van der Waals surface area (Å²) >= 11 is 0. The molecule has 0 aliphatic carbocycles. The summed E-state index contributed by atoms with van der Waals surface area (Å²) in [5.74, 6) is -2.91. The molecule has 10 nitrogen and oxygen atoms in total. The van der Waals surface area contributed by atoms with Crippen molar-refractivity contribution in [1.82, 2.24) is 0 Å². The van der Waals surface area contributed by atoms with Crippen LogP contribution in [-0.2, 0) is 39.8 Å². The summed E-state index contributed by atoms with van der Waals surface area (Å²) in [4.78, 5) is 52.2. The van der Waals surface area contributed by atoms with Crippen molar-refractivity contribution in [3.05, 3.63) is 144 Å². The Morgan fingerprint density at radius 1 is 0.565 bits per heavy atom. The Hall–Kier alpha value is -5.32. The first-order valence-corrected chi connectivity index (χ1v) is 14.6. The molecule has 1 saturated heterocycles. The molecule has 10 heteroatoms. The second-order valence-corrected chi connectivity index (χ2v) is 10.3. The van der Waals surface area contributed by atoms with E-state index in [9.17, 15) is 19.2 Å². The Labute approximate surface area is 265 Å². The summed E-state index contributed by atoms with van der Waals surface area (Å²) < 4.78 is 35.5. The molecule has 1 fully saturated rings. The lowest BCUT2D eigenvalue weighted by atomic mass is 9.97. The molecule has 1 heterocycles. The highest BCUT2D eigenvalue weighted by molar-refractivity contribution is 5.91. The van der Waals surface area contributed by atoms with E-state index in [1.165, 1.54) is 6.92 Å². The van der Waals surface area contributed by atoms with Crippen LogP contribution in [0.1, 0.15) is 43.6 Å². The van der Waals surface area contributed by atoms with Crippen LogP contribution in [0.15, 0.2) is 121 Å². The number of hydrogen-bond acceptors (Lipinski definition) is 10. The first kappa shape index (κ1) is 32.1. The molecule has 0 N–H and O–H groups in total. The highest BCUT2D eigenvalue weighted by Gasteiger charge is 2.53. The summed E-state index contributed by atoms with van der Waals surface area (Å²) in [6, 6.07) is 33.7. The van der Waals surface area contributed by atoms with Crippen molar-refractivity contribution < 1.29 is 47.6 Å². The van der Waals surface area contributed by atoms with E-state index in [0.29, 0.717) is 0 Å². The number of benzene rings is 4. The largest absolute Gasteiger partial charge is 0.463 e. The molecule has 5 rings (SSSR count). The maximum atomic E-state index is 13.5. The topological polar surface area (TPSA) is 124 Å². The zero-order valence-electron chi connectivity index (χ0n) is 24.9. The Morgan fingerprint density at radius 2 is 0.978 bits per heavy atom. The van der Waals surface area contributed by atoms with E-state index in [1.807, 2.05) is 30.3 Å². The van der Waals surface area contributed by atoms with E-state index in [4.69, 9.17) is 28.4 Å². The first-order chi connectivity index (χ1) is 22.4. The van der Waals surface area contributed by atoms with Crippen LogP contribution in [0, 0.1) is 0 Å². The third-order valence-corrected chi connectivity index (χ3v) is 7.06. The lowest BCUT2D eigenvalue weighted by Gasteiger charge is -2.44. The van der Waals surface area contributed by atoms with Gasteiger partial charge in [0, 0.05) is 6.92 Å². The van der Waals surface area contributed by atoms with Crippen LogP contribution in [0.2, 0.25) is 0 Å². The van der Waals surface area contributed by atoms with Crippen molar-refractivity contribution in [2.75, 3.05) is 6.61 Å². The van der Waals surface area contributed by atoms with Crippen LogP contribution < -0.4 is 0 Å². The summed E-state index contributed by atoms with van der Waals surface area (Å²) in [5.41, 5.74) is 1.42. The highest BCUT2D eigenvalue weighted by atomic mass is 16.7. The van der Waals surface area contributed by atoms with Crippen LogP contribution in [-0.4, -0.2) is 61.2 Å². The summed E-state index contributed by atoms with van der Waals surface area (Å²) in [6.07, 6.45) is -6.80. The monoisotopic (exact) mass is 624 g/mol. The van der Waals surface area contributed by atoms with Gasteiger partial charge in [-0.05, 0) is 42.0 Å². The molecule has 1 aliphatic heterocycles. The van der Waals surface area contributed by atoms with Crippen LogP contribution in [0.25, 0.3) is 0 Å². The maximum Gasteiger partial charge on any atom is 0.338 e. The zero-order valence-corrected chi connectivity index (χ0v) is 24.9. The summed E-state index contributed by atoms with van der Waals surface area (Å²) in [5, 5.41) is 0. The van der Waals surface area contributed by atoms with Gasteiger partial charge in [-0.25, -0.2) is 14.4 Å². The Balaban J connectivity index is 1.55. The number of hydrogen-bond donors (Lipinski definition) is 0. The fourth-order valence-corrected chi connectivity index (χ4v) is 4.80. The van der Waals surface area contributed by atoms with E-state index >= 15 is 0 Å². The van der Waals surface area contributed by atoms with Crippen LogP contribution >= 0.6 is 0 Å². The van der Waals surface area contributed by atoms with Gasteiger partial charge in [0.1, 0.15) is 12.7 Å². The van der Waals surface area contributed by atoms with Gasteiger partial charge in [-0.2, -0.15) is 0 Å². The van der Waals surface area contributed by atoms with E-state index in [2.05, 4.69) is 0 Å². The maximum absolute atomic E-state index is 13.5. The Kier molecular flexibility index (Phi) is 10.9. The normalized spacial score (nSPS) is 20.6. The fourth-order valence-electron chi connectivity index (χ4n) is 4.80. The van der Waals surface area contributed by atoms with Crippen molar-refractivity contribution in [3.8, 4) is 0 Å². The van der Waals surface area contributed by atoms with Gasteiger partial charge in [0.2, 0.25) is 0 Å². The van der Waals surface area contributed by atoms with Gasteiger partial charge in [-0.3, -0.25) is 4.79 Å². The molecule has 5 atom stereocenters. The van der Waals surface area contributed by atoms with Crippen LogP contribution in [0.4, 0.5) is 0 Å². The predicted octanol–water partition coefficient (Wildman–Crippen LogP) is 5.17. The molecule has 0 radical (unpaired) electrons. The lowest BCUT2D eigenvalue weighted by molar-refractivity contribution is -0.302. The van der Waals surface area contributed by atoms with Gasteiger partial charge in [0.15, 0.2) is 24.6 Å². The summed E-state index contributed by atoms with van der Waals surface area (Å²) in [7, 11) is 0. The van der Waals surface area contributed by atoms with Gasteiger partial charge >= 0.3 is 23.9 Å². The smallest absolute Gasteiger partial charge is 0.338 e. The van der Waals surface area contributed by atoms with Crippen molar-refractivity contribution in [2.45, 2.75) is 44.2 Å². The molecule has 0 amide bonds. The SMILES string of the molecule is CC(=O)OC[C@H]1O[C@@H](OCc2ccccc2)[C@H](OC(=O)c2ccccc2)[C@@H](OC(=O)c2ccccc2)[C@H]1OC(=O)c1ccccc1.